The lowest BCUT2D eigenvalue weighted by atomic mass is 9.47. The number of fused-ring (bicyclic) bond motifs is 5. The summed E-state index contributed by atoms with van der Waals surface area (Å²) in [6, 6.07) is 0. The lowest BCUT2D eigenvalue weighted by molar-refractivity contribution is -0.118. The van der Waals surface area contributed by atoms with Gasteiger partial charge in [-0.25, -0.2) is 4.18 Å². The molecule has 25 heavy (non-hydrogen) atoms. The van der Waals surface area contributed by atoms with Crippen molar-refractivity contribution in [3.05, 3.63) is 0 Å². The Morgan fingerprint density at radius 1 is 0.800 bits per heavy atom. The van der Waals surface area contributed by atoms with E-state index in [9.17, 15) is 8.42 Å². The van der Waals surface area contributed by atoms with Crippen LogP contribution in [-0.4, -0.2) is 19.1 Å². The second-order valence-corrected chi connectivity index (χ2v) is 10.9. The summed E-state index contributed by atoms with van der Waals surface area (Å²) in [6.07, 6.45) is 12.5. The molecule has 0 aliphatic heterocycles. The van der Waals surface area contributed by atoms with Crippen LogP contribution < -0.4 is 0 Å². The molecule has 4 aliphatic rings. The van der Waals surface area contributed by atoms with E-state index < -0.39 is 10.4 Å². The zero-order valence-electron chi connectivity index (χ0n) is 15.7. The molecule has 0 saturated heterocycles. The minimum absolute atomic E-state index is 0.187. The third kappa shape index (κ3) is 3.29. The summed E-state index contributed by atoms with van der Waals surface area (Å²) in [5, 5.41) is 0. The Balaban J connectivity index is 1.53. The van der Waals surface area contributed by atoms with Crippen LogP contribution >= 0.6 is 0 Å². The second-order valence-electron chi connectivity index (χ2n) is 9.87. The number of hydrogen-bond acceptors (Lipinski definition) is 3. The number of hydrogen-bond donors (Lipinski definition) is 1. The minimum Gasteiger partial charge on any atom is -0.264 e. The summed E-state index contributed by atoms with van der Waals surface area (Å²) in [5.74, 6) is 4.94. The van der Waals surface area contributed by atoms with E-state index >= 15 is 0 Å². The highest BCUT2D eigenvalue weighted by atomic mass is 32.3. The highest BCUT2D eigenvalue weighted by molar-refractivity contribution is 7.80. The molecule has 0 aromatic carbocycles. The lowest BCUT2D eigenvalue weighted by Gasteiger charge is -2.59. The fraction of sp³-hybridized carbons (Fsp3) is 1.00. The third-order valence-electron chi connectivity index (χ3n) is 8.60. The zero-order chi connectivity index (χ0) is 17.8. The molecule has 0 radical (unpaired) electrons. The van der Waals surface area contributed by atoms with E-state index in [4.69, 9.17) is 8.74 Å². The third-order valence-corrected chi connectivity index (χ3v) is 9.08. The van der Waals surface area contributed by atoms with Gasteiger partial charge >= 0.3 is 10.4 Å². The van der Waals surface area contributed by atoms with Crippen LogP contribution in [0.1, 0.15) is 78.1 Å². The highest BCUT2D eigenvalue weighted by Gasteiger charge is 2.55. The van der Waals surface area contributed by atoms with Gasteiger partial charge in [-0.3, -0.25) is 4.55 Å². The summed E-state index contributed by atoms with van der Waals surface area (Å²) in [5.41, 5.74) is -0.187. The van der Waals surface area contributed by atoms with Gasteiger partial charge in [-0.05, 0) is 85.9 Å². The molecule has 0 bridgehead atoms. The van der Waals surface area contributed by atoms with Crippen molar-refractivity contribution in [1.29, 1.82) is 0 Å². The van der Waals surface area contributed by atoms with Gasteiger partial charge in [0.2, 0.25) is 0 Å². The van der Waals surface area contributed by atoms with Crippen molar-refractivity contribution in [3.63, 3.8) is 0 Å². The van der Waals surface area contributed by atoms with Gasteiger partial charge in [0, 0.05) is 0 Å². The minimum atomic E-state index is -4.37. The van der Waals surface area contributed by atoms with Crippen molar-refractivity contribution in [1.82, 2.24) is 0 Å². The molecule has 4 fully saturated rings. The van der Waals surface area contributed by atoms with Crippen LogP contribution in [0, 0.1) is 40.9 Å². The molecule has 4 aliphatic carbocycles. The molecule has 7 unspecified atom stereocenters. The Morgan fingerprint density at radius 3 is 2.20 bits per heavy atom. The Morgan fingerprint density at radius 2 is 1.44 bits per heavy atom. The molecule has 4 rings (SSSR count). The molecule has 0 heterocycles. The van der Waals surface area contributed by atoms with Crippen LogP contribution in [0.5, 0.6) is 0 Å². The molecule has 4 saturated carbocycles. The van der Waals surface area contributed by atoms with E-state index in [1.807, 2.05) is 0 Å². The molecular formula is C20H34O4S. The average Bonchev–Trinajstić information content (AvgIpc) is 2.55. The van der Waals surface area contributed by atoms with Gasteiger partial charge in [0.05, 0.1) is 6.10 Å². The van der Waals surface area contributed by atoms with E-state index in [2.05, 4.69) is 13.8 Å². The molecule has 0 spiro atoms. The fourth-order valence-corrected chi connectivity index (χ4v) is 8.19. The molecule has 0 amide bonds. The van der Waals surface area contributed by atoms with Crippen molar-refractivity contribution >= 4 is 10.4 Å². The summed E-state index contributed by atoms with van der Waals surface area (Å²) in [4.78, 5) is 0. The first-order valence-corrected chi connectivity index (χ1v) is 11.8. The standard InChI is InChI=1S/C20H34O4S/c1-20(2)18-11-9-15-14-6-4-3-5-13(14)7-8-16(15)17(18)10-12-19(20)24-25(21,22)23/h13-19H,3-12H2,1-2H3,(H,21,22,23). The first kappa shape index (κ1) is 18.2. The van der Waals surface area contributed by atoms with Gasteiger partial charge < -0.3 is 0 Å². The van der Waals surface area contributed by atoms with E-state index in [-0.39, 0.29) is 11.5 Å². The van der Waals surface area contributed by atoms with E-state index in [1.165, 1.54) is 51.4 Å². The monoisotopic (exact) mass is 370 g/mol. The molecule has 0 aromatic heterocycles. The van der Waals surface area contributed by atoms with Crippen LogP contribution in [-0.2, 0) is 14.6 Å². The van der Waals surface area contributed by atoms with Crippen LogP contribution in [0.2, 0.25) is 0 Å². The maximum atomic E-state index is 11.3. The van der Waals surface area contributed by atoms with Gasteiger partial charge in [-0.2, -0.15) is 8.42 Å². The summed E-state index contributed by atoms with van der Waals surface area (Å²) >= 11 is 0. The van der Waals surface area contributed by atoms with Crippen LogP contribution in [0.25, 0.3) is 0 Å². The van der Waals surface area contributed by atoms with Crippen LogP contribution in [0.15, 0.2) is 0 Å². The van der Waals surface area contributed by atoms with E-state index in [1.54, 1.807) is 0 Å². The van der Waals surface area contributed by atoms with E-state index in [0.29, 0.717) is 5.92 Å². The van der Waals surface area contributed by atoms with Crippen molar-refractivity contribution < 1.29 is 17.2 Å². The Hall–Kier alpha value is -0.130. The van der Waals surface area contributed by atoms with Crippen molar-refractivity contribution in [3.8, 4) is 0 Å². The summed E-state index contributed by atoms with van der Waals surface area (Å²) < 4.78 is 36.8. The maximum Gasteiger partial charge on any atom is 0.397 e. The second kappa shape index (κ2) is 6.49. The first-order chi connectivity index (χ1) is 11.8. The molecule has 5 heteroatoms. The van der Waals surface area contributed by atoms with Gasteiger partial charge in [0.25, 0.3) is 0 Å². The molecule has 0 aromatic rings. The summed E-state index contributed by atoms with van der Waals surface area (Å²) in [6.45, 7) is 4.32. The largest absolute Gasteiger partial charge is 0.397 e. The lowest BCUT2D eigenvalue weighted by Crippen LogP contribution is -2.54. The predicted octanol–water partition coefficient (Wildman–Crippen LogP) is 4.85. The predicted molar refractivity (Wildman–Crippen MR) is 97.3 cm³/mol. The van der Waals surface area contributed by atoms with Crippen LogP contribution in [0.3, 0.4) is 0 Å². The zero-order valence-corrected chi connectivity index (χ0v) is 16.5. The van der Waals surface area contributed by atoms with Gasteiger partial charge in [-0.15, -0.1) is 0 Å². The van der Waals surface area contributed by atoms with Crippen molar-refractivity contribution in [2.75, 3.05) is 0 Å². The molecule has 1 N–H and O–H groups in total. The SMILES string of the molecule is CC1(C)C(OS(=O)(=O)O)CCC2C3CCC4CCCCC4C3CCC21. The fourth-order valence-electron chi connectivity index (χ4n) is 7.55. The molecule has 4 nitrogen and oxygen atoms in total. The molecular weight excluding hydrogens is 336 g/mol. The Kier molecular flexibility index (Phi) is 4.73. The van der Waals surface area contributed by atoms with Crippen molar-refractivity contribution in [2.45, 2.75) is 84.2 Å². The Bertz CT molecular complexity index is 599. The van der Waals surface area contributed by atoms with Gasteiger partial charge in [0.15, 0.2) is 0 Å². The highest BCUT2D eigenvalue weighted by Crippen LogP contribution is 2.60. The molecule has 144 valence electrons. The van der Waals surface area contributed by atoms with E-state index in [0.717, 1.165) is 42.4 Å². The topological polar surface area (TPSA) is 63.6 Å². The Labute approximate surface area is 153 Å². The van der Waals surface area contributed by atoms with Gasteiger partial charge in [-0.1, -0.05) is 33.1 Å². The summed E-state index contributed by atoms with van der Waals surface area (Å²) in [7, 11) is -4.37. The normalized spacial score (nSPS) is 46.6. The number of rotatable bonds is 2. The molecule has 7 atom stereocenters. The average molecular weight is 371 g/mol. The van der Waals surface area contributed by atoms with Crippen LogP contribution in [0.4, 0.5) is 0 Å². The quantitative estimate of drug-likeness (QED) is 0.706. The first-order valence-electron chi connectivity index (χ1n) is 10.4. The maximum absolute atomic E-state index is 11.3. The van der Waals surface area contributed by atoms with Crippen molar-refractivity contribution in [2.24, 2.45) is 40.9 Å². The smallest absolute Gasteiger partial charge is 0.264 e. The van der Waals surface area contributed by atoms with Gasteiger partial charge in [0.1, 0.15) is 0 Å².